The Kier molecular flexibility index (Phi) is 8.33. The number of hydrogen-bond acceptors (Lipinski definition) is 10. The number of carbonyl (C=O) groups excluding carboxylic acids is 2. The lowest BCUT2D eigenvalue weighted by atomic mass is 9.69. The number of benzene rings is 2. The van der Waals surface area contributed by atoms with Gasteiger partial charge >= 0.3 is 11.4 Å². The molecule has 4 aromatic rings. The molecule has 0 unspecified atom stereocenters. The molecule has 1 N–H and O–H groups in total. The average molecular weight is 811 g/mol. The predicted molar refractivity (Wildman–Crippen MR) is 188 cm³/mol. The number of phenols is 1. The van der Waals surface area contributed by atoms with Crippen molar-refractivity contribution in [2.24, 2.45) is 7.05 Å². The Labute approximate surface area is 299 Å². The van der Waals surface area contributed by atoms with Gasteiger partial charge in [0.25, 0.3) is 5.56 Å². The van der Waals surface area contributed by atoms with E-state index >= 15 is 0 Å². The minimum absolute atomic E-state index is 0.0109. The molecule has 0 amide bonds. The summed E-state index contributed by atoms with van der Waals surface area (Å²) in [6, 6.07) is 5.73. The van der Waals surface area contributed by atoms with Crippen molar-refractivity contribution in [1.82, 2.24) is 23.5 Å². The summed E-state index contributed by atoms with van der Waals surface area (Å²) in [4.78, 5) is 72.8. The summed E-state index contributed by atoms with van der Waals surface area (Å²) in [5.41, 5.74) is 1.18. The summed E-state index contributed by atoms with van der Waals surface area (Å²) in [6.07, 6.45) is 3.00. The monoisotopic (exact) mass is 809 g/mol. The van der Waals surface area contributed by atoms with Gasteiger partial charge in [0.15, 0.2) is 34.6 Å². The highest BCUT2D eigenvalue weighted by Gasteiger charge is 2.45. The van der Waals surface area contributed by atoms with Crippen molar-refractivity contribution in [3.8, 4) is 23.0 Å². The van der Waals surface area contributed by atoms with Crippen molar-refractivity contribution in [3.05, 3.63) is 105 Å². The molecule has 0 spiro atoms. The van der Waals surface area contributed by atoms with Gasteiger partial charge < -0.3 is 23.9 Å². The smallest absolute Gasteiger partial charge is 0.347 e. The molecule has 0 bridgehead atoms. The van der Waals surface area contributed by atoms with Gasteiger partial charge in [0.05, 0.1) is 53.9 Å². The molecule has 258 valence electrons. The average Bonchev–Trinajstić information content (AvgIpc) is 3.36. The topological polar surface area (TPSA) is 166 Å². The van der Waals surface area contributed by atoms with Gasteiger partial charge in [-0.1, -0.05) is 6.08 Å². The Morgan fingerprint density at radius 1 is 0.940 bits per heavy atom. The zero-order valence-electron chi connectivity index (χ0n) is 27.2. The fourth-order valence-corrected chi connectivity index (χ4v) is 8.01. The van der Waals surface area contributed by atoms with E-state index in [9.17, 15) is 29.1 Å². The second-order valence-corrected chi connectivity index (χ2v) is 13.7. The summed E-state index contributed by atoms with van der Waals surface area (Å²) >= 11 is 6.58. The molecule has 0 saturated carbocycles. The molecule has 3 heterocycles. The van der Waals surface area contributed by atoms with Gasteiger partial charge in [-0.2, -0.15) is 0 Å². The van der Waals surface area contributed by atoms with E-state index in [1.54, 1.807) is 37.4 Å². The number of aromatic hydroxyl groups is 1. The highest BCUT2D eigenvalue weighted by Crippen LogP contribution is 2.51. The third kappa shape index (κ3) is 5.02. The molecule has 2 atom stereocenters. The van der Waals surface area contributed by atoms with Crippen molar-refractivity contribution in [2.75, 3.05) is 21.3 Å². The second-order valence-electron chi connectivity index (χ2n) is 12.0. The maximum atomic E-state index is 14.1. The van der Waals surface area contributed by atoms with Gasteiger partial charge in [-0.05, 0) is 55.1 Å². The largest absolute Gasteiger partial charge is 0.503 e. The molecule has 1 aliphatic heterocycles. The summed E-state index contributed by atoms with van der Waals surface area (Å²) in [5, 5.41) is 10.5. The molecule has 2 aliphatic carbocycles. The zero-order valence-corrected chi connectivity index (χ0v) is 30.3. The van der Waals surface area contributed by atoms with Crippen LogP contribution in [0.5, 0.6) is 23.0 Å². The third-order valence-corrected chi connectivity index (χ3v) is 10.7. The van der Waals surface area contributed by atoms with Crippen molar-refractivity contribution < 1.29 is 28.9 Å². The van der Waals surface area contributed by atoms with Gasteiger partial charge in [-0.3, -0.25) is 14.4 Å². The van der Waals surface area contributed by atoms with Crippen LogP contribution in [0.1, 0.15) is 29.6 Å². The van der Waals surface area contributed by atoms with Crippen molar-refractivity contribution in [3.63, 3.8) is 0 Å². The number of phenolic OH excluding ortho intramolecular Hbond substituents is 1. The van der Waals surface area contributed by atoms with Gasteiger partial charge in [-0.25, -0.2) is 28.5 Å². The first-order valence-corrected chi connectivity index (χ1v) is 17.0. The van der Waals surface area contributed by atoms with Crippen molar-refractivity contribution in [1.29, 1.82) is 0 Å². The van der Waals surface area contributed by atoms with Crippen LogP contribution < -0.4 is 31.1 Å². The lowest BCUT2D eigenvalue weighted by Gasteiger charge is -2.39. The highest BCUT2D eigenvalue weighted by molar-refractivity contribution is 9.12. The number of aryl methyl sites for hydroxylation is 2. The molecular weight excluding hydrogens is 782 g/mol. The van der Waals surface area contributed by atoms with Crippen LogP contribution >= 0.6 is 31.9 Å². The number of carbonyl (C=O) groups is 2. The Balaban J connectivity index is 1.31. The number of aromatic nitrogens is 5. The molecule has 3 aliphatic rings. The van der Waals surface area contributed by atoms with Gasteiger partial charge in [-0.15, -0.1) is 0 Å². The standard InChI is InChI=1S/C34H29Br2N5O9/c1-38-23-14-26(49-3)25(48-2)13-21(23)37-20(32(38)45)6-7-39-33(46)40-8-5-16-22(41(40)34(39)47)11-17-29(24(42)12-19(36)30(17)43)28(16)15-9-18(35)31(44)27(10-15)50-4/h5,9-10,12-14,22,28,44H,6-8,11H2,1-4H3/t22-,28+/m1/s1. The maximum absolute atomic E-state index is 14.1. The van der Waals surface area contributed by atoms with Gasteiger partial charge in [0, 0.05) is 61.7 Å². The number of rotatable bonds is 7. The predicted octanol–water partition coefficient (Wildman–Crippen LogP) is 3.19. The molecule has 7 rings (SSSR count). The number of allylic oxidation sites excluding steroid dienone is 6. The van der Waals surface area contributed by atoms with E-state index in [2.05, 4.69) is 36.8 Å². The van der Waals surface area contributed by atoms with E-state index in [-0.39, 0.29) is 64.5 Å². The summed E-state index contributed by atoms with van der Waals surface area (Å²) < 4.78 is 21.7. The van der Waals surface area contributed by atoms with Crippen LogP contribution in [0.2, 0.25) is 0 Å². The van der Waals surface area contributed by atoms with Gasteiger partial charge in [0.1, 0.15) is 5.69 Å². The molecule has 16 heteroatoms. The van der Waals surface area contributed by atoms with Crippen LogP contribution in [-0.4, -0.2) is 61.5 Å². The number of Topliss-reactive ketones (excluding diaryl/α,β-unsaturated/α-hetero) is 1. The number of ketones is 2. The summed E-state index contributed by atoms with van der Waals surface area (Å²) in [5.74, 6) is -0.682. The van der Waals surface area contributed by atoms with Crippen molar-refractivity contribution in [2.45, 2.75) is 37.9 Å². The Morgan fingerprint density at radius 2 is 1.64 bits per heavy atom. The first-order valence-electron chi connectivity index (χ1n) is 15.4. The molecule has 14 nitrogen and oxygen atoms in total. The summed E-state index contributed by atoms with van der Waals surface area (Å²) in [6.45, 7) is -0.124. The molecule has 0 saturated heterocycles. The number of halogens is 2. The lowest BCUT2D eigenvalue weighted by molar-refractivity contribution is -0.115. The SMILES string of the molecule is COc1cc2nc(CCn3c(=O)n4n(c3=O)[C@@H]3CC5=C(C(=O)C=C(Br)C5=O)[C@@H](c5cc(Br)c(O)c(OC)c5)C3=CC4)c(=O)n(C)c2cc1OC. The van der Waals surface area contributed by atoms with E-state index in [0.717, 1.165) is 4.57 Å². The quantitative estimate of drug-likeness (QED) is 0.217. The number of hydrogen-bond donors (Lipinski definition) is 1. The maximum Gasteiger partial charge on any atom is 0.347 e. The minimum atomic E-state index is -0.795. The van der Waals surface area contributed by atoms with Crippen LogP contribution in [0.15, 0.2) is 76.5 Å². The first-order chi connectivity index (χ1) is 23.9. The van der Waals surface area contributed by atoms with Crippen LogP contribution in [-0.2, 0) is 36.1 Å². The highest BCUT2D eigenvalue weighted by atomic mass is 79.9. The van der Waals surface area contributed by atoms with Crippen LogP contribution in [0.25, 0.3) is 11.0 Å². The number of fused-ring (bicyclic) bond motifs is 4. The van der Waals surface area contributed by atoms with E-state index in [1.807, 2.05) is 0 Å². The van der Waals surface area contributed by atoms with Crippen LogP contribution in [0, 0.1) is 0 Å². The number of ether oxygens (including phenoxy) is 3. The van der Waals surface area contributed by atoms with E-state index < -0.39 is 34.7 Å². The zero-order chi connectivity index (χ0) is 35.8. The molecule has 2 aromatic heterocycles. The first kappa shape index (κ1) is 33.5. The Bertz CT molecular complexity index is 2470. The molecule has 50 heavy (non-hydrogen) atoms. The molecule has 2 aromatic carbocycles. The van der Waals surface area contributed by atoms with Crippen LogP contribution in [0.4, 0.5) is 0 Å². The fourth-order valence-electron chi connectivity index (χ4n) is 7.10. The second kappa shape index (κ2) is 12.4. The van der Waals surface area contributed by atoms with Crippen molar-refractivity contribution >= 4 is 54.5 Å². The fraction of sp³-hybridized carbons (Fsp3) is 0.294. The Morgan fingerprint density at radius 3 is 2.34 bits per heavy atom. The normalized spacial score (nSPS) is 18.4. The molecule has 0 fully saturated rings. The Hall–Kier alpha value is -4.96. The van der Waals surface area contributed by atoms with Crippen LogP contribution in [0.3, 0.4) is 0 Å². The van der Waals surface area contributed by atoms with Gasteiger partial charge in [0.2, 0.25) is 0 Å². The third-order valence-electron chi connectivity index (χ3n) is 9.50. The van der Waals surface area contributed by atoms with E-state index in [1.165, 1.54) is 41.3 Å². The number of nitrogens with zero attached hydrogens (tertiary/aromatic N) is 5. The minimum Gasteiger partial charge on any atom is -0.503 e. The molecular formula is C34H29Br2N5O9. The molecule has 0 radical (unpaired) electrons. The lowest BCUT2D eigenvalue weighted by Crippen LogP contribution is -2.40. The summed E-state index contributed by atoms with van der Waals surface area (Å²) in [7, 11) is 5.98. The van der Waals surface area contributed by atoms with E-state index in [0.29, 0.717) is 38.1 Å². The number of methoxy groups -OCH3 is 3. The van der Waals surface area contributed by atoms with E-state index in [4.69, 9.17) is 14.2 Å².